The number of piperazine rings is 1. The Balaban J connectivity index is 1.75. The molecule has 0 aromatic rings. The minimum absolute atomic E-state index is 0.207. The minimum Gasteiger partial charge on any atom is -0.480 e. The minimum atomic E-state index is -0.742. The average Bonchev–Trinajstić information content (AvgIpc) is 3.12. The van der Waals surface area contributed by atoms with E-state index in [0.717, 1.165) is 32.2 Å². The molecule has 2 aliphatic rings. The highest BCUT2D eigenvalue weighted by molar-refractivity contribution is 5.73. The summed E-state index contributed by atoms with van der Waals surface area (Å²) >= 11 is 0. The Labute approximate surface area is 109 Å². The Kier molecular flexibility index (Phi) is 4.59. The summed E-state index contributed by atoms with van der Waals surface area (Å²) in [7, 11) is 0. The number of nitrogens with zero attached hydrogens (tertiary/aromatic N) is 2. The van der Waals surface area contributed by atoms with Crippen molar-refractivity contribution in [1.29, 1.82) is 0 Å². The lowest BCUT2D eigenvalue weighted by Gasteiger charge is -2.36. The number of aliphatic carboxylic acids is 1. The van der Waals surface area contributed by atoms with Crippen molar-refractivity contribution in [1.82, 2.24) is 15.1 Å². The van der Waals surface area contributed by atoms with Crippen LogP contribution in [-0.4, -0.2) is 71.7 Å². The summed E-state index contributed by atoms with van der Waals surface area (Å²) in [5.41, 5.74) is 0. The Morgan fingerprint density at radius 3 is 2.33 bits per heavy atom. The Morgan fingerprint density at radius 2 is 1.89 bits per heavy atom. The average molecular weight is 255 g/mol. The normalized spacial score (nSPS) is 24.4. The van der Waals surface area contributed by atoms with Gasteiger partial charge in [0.25, 0.3) is 0 Å². The largest absolute Gasteiger partial charge is 0.480 e. The molecule has 0 aromatic carbocycles. The number of rotatable bonds is 6. The van der Waals surface area contributed by atoms with Gasteiger partial charge in [-0.05, 0) is 12.8 Å². The van der Waals surface area contributed by atoms with Crippen LogP contribution in [0.4, 0.5) is 0 Å². The van der Waals surface area contributed by atoms with Crippen molar-refractivity contribution in [3.8, 4) is 0 Å². The van der Waals surface area contributed by atoms with E-state index in [1.165, 1.54) is 12.8 Å². The summed E-state index contributed by atoms with van der Waals surface area (Å²) in [6, 6.07) is 0.590. The highest BCUT2D eigenvalue weighted by atomic mass is 16.4. The maximum absolute atomic E-state index is 11.2. The van der Waals surface area contributed by atoms with Gasteiger partial charge in [-0.15, -0.1) is 0 Å². The van der Waals surface area contributed by atoms with E-state index in [9.17, 15) is 9.90 Å². The lowest BCUT2D eigenvalue weighted by atomic mass is 10.2. The Bertz CT molecular complexity index is 284. The van der Waals surface area contributed by atoms with Gasteiger partial charge in [0.2, 0.25) is 0 Å². The van der Waals surface area contributed by atoms with E-state index in [4.69, 9.17) is 0 Å². The lowest BCUT2D eigenvalue weighted by Crippen LogP contribution is -2.54. The zero-order valence-corrected chi connectivity index (χ0v) is 11.4. The van der Waals surface area contributed by atoms with Crippen LogP contribution in [0.15, 0.2) is 0 Å². The first-order valence-corrected chi connectivity index (χ1v) is 7.01. The van der Waals surface area contributed by atoms with E-state index in [1.54, 1.807) is 0 Å². The van der Waals surface area contributed by atoms with Gasteiger partial charge in [-0.2, -0.15) is 0 Å². The fourth-order valence-corrected chi connectivity index (χ4v) is 2.61. The molecule has 0 amide bonds. The fourth-order valence-electron chi connectivity index (χ4n) is 2.61. The van der Waals surface area contributed by atoms with Crippen LogP contribution in [0.2, 0.25) is 0 Å². The standard InChI is InChI=1S/C13H25N3O2/c1-10(2)14-12(13(17)18)9-15-5-7-16(8-6-15)11-3-4-11/h10-12,14H,3-9H2,1-2H3,(H,17,18). The first-order chi connectivity index (χ1) is 8.56. The van der Waals surface area contributed by atoms with Gasteiger partial charge in [-0.3, -0.25) is 14.6 Å². The molecule has 1 atom stereocenters. The molecular weight excluding hydrogens is 230 g/mol. The summed E-state index contributed by atoms with van der Waals surface area (Å²) in [6.07, 6.45) is 2.71. The number of nitrogens with one attached hydrogen (secondary N) is 1. The van der Waals surface area contributed by atoms with Crippen LogP contribution >= 0.6 is 0 Å². The molecular formula is C13H25N3O2. The zero-order chi connectivity index (χ0) is 13.1. The quantitative estimate of drug-likeness (QED) is 0.711. The molecule has 1 aliphatic carbocycles. The summed E-state index contributed by atoms with van der Waals surface area (Å²) in [5, 5.41) is 12.3. The monoisotopic (exact) mass is 255 g/mol. The van der Waals surface area contributed by atoms with Crippen molar-refractivity contribution in [2.24, 2.45) is 0 Å². The van der Waals surface area contributed by atoms with Crippen LogP contribution in [0.5, 0.6) is 0 Å². The maximum Gasteiger partial charge on any atom is 0.322 e. The van der Waals surface area contributed by atoms with Gasteiger partial charge >= 0.3 is 5.97 Å². The second-order valence-electron chi connectivity index (χ2n) is 5.78. The SMILES string of the molecule is CC(C)NC(CN1CCN(C2CC2)CC1)C(=O)O. The predicted molar refractivity (Wildman–Crippen MR) is 70.7 cm³/mol. The third-order valence-electron chi connectivity index (χ3n) is 3.74. The molecule has 1 heterocycles. The van der Waals surface area contributed by atoms with Gasteiger partial charge in [0, 0.05) is 44.8 Å². The van der Waals surface area contributed by atoms with E-state index in [2.05, 4.69) is 15.1 Å². The van der Waals surface area contributed by atoms with Gasteiger partial charge in [-0.25, -0.2) is 0 Å². The Hall–Kier alpha value is -0.650. The summed E-state index contributed by atoms with van der Waals surface area (Å²) < 4.78 is 0. The summed E-state index contributed by atoms with van der Waals surface area (Å²) in [6.45, 7) is 8.78. The van der Waals surface area contributed by atoms with Crippen molar-refractivity contribution >= 4 is 5.97 Å². The number of hydrogen-bond acceptors (Lipinski definition) is 4. The van der Waals surface area contributed by atoms with Gasteiger partial charge < -0.3 is 10.4 Å². The molecule has 104 valence electrons. The number of carboxylic acid groups (broad SMARTS) is 1. The molecule has 0 spiro atoms. The molecule has 18 heavy (non-hydrogen) atoms. The van der Waals surface area contributed by atoms with E-state index in [-0.39, 0.29) is 6.04 Å². The third-order valence-corrected chi connectivity index (χ3v) is 3.74. The summed E-state index contributed by atoms with van der Waals surface area (Å²) in [4.78, 5) is 16.0. The molecule has 5 nitrogen and oxygen atoms in total. The third kappa shape index (κ3) is 3.93. The molecule has 0 bridgehead atoms. The van der Waals surface area contributed by atoms with Crippen LogP contribution in [0, 0.1) is 0 Å². The van der Waals surface area contributed by atoms with Gasteiger partial charge in [0.15, 0.2) is 0 Å². The number of carboxylic acids is 1. The first-order valence-electron chi connectivity index (χ1n) is 7.01. The highest BCUT2D eigenvalue weighted by Crippen LogP contribution is 2.27. The molecule has 1 saturated carbocycles. The van der Waals surface area contributed by atoms with Crippen LogP contribution < -0.4 is 5.32 Å². The fraction of sp³-hybridized carbons (Fsp3) is 0.923. The molecule has 1 saturated heterocycles. The topological polar surface area (TPSA) is 55.8 Å². The van der Waals surface area contributed by atoms with Gasteiger partial charge in [-0.1, -0.05) is 13.8 Å². The predicted octanol–water partition coefficient (Wildman–Crippen LogP) is 0.218. The van der Waals surface area contributed by atoms with E-state index in [1.807, 2.05) is 13.8 Å². The molecule has 1 unspecified atom stereocenters. The highest BCUT2D eigenvalue weighted by Gasteiger charge is 2.32. The van der Waals surface area contributed by atoms with E-state index < -0.39 is 12.0 Å². The second kappa shape index (κ2) is 5.99. The molecule has 2 N–H and O–H groups in total. The maximum atomic E-state index is 11.2. The number of hydrogen-bond donors (Lipinski definition) is 2. The van der Waals surface area contributed by atoms with Crippen LogP contribution in [0.25, 0.3) is 0 Å². The zero-order valence-electron chi connectivity index (χ0n) is 11.4. The number of carbonyl (C=O) groups is 1. The molecule has 0 aromatic heterocycles. The smallest absolute Gasteiger partial charge is 0.322 e. The summed E-state index contributed by atoms with van der Waals surface area (Å²) in [5.74, 6) is -0.742. The van der Waals surface area contributed by atoms with Crippen molar-refractivity contribution < 1.29 is 9.90 Å². The second-order valence-corrected chi connectivity index (χ2v) is 5.78. The molecule has 5 heteroatoms. The Morgan fingerprint density at radius 1 is 1.28 bits per heavy atom. The van der Waals surface area contributed by atoms with Crippen molar-refractivity contribution in [2.45, 2.75) is 44.8 Å². The lowest BCUT2D eigenvalue weighted by molar-refractivity contribution is -0.140. The van der Waals surface area contributed by atoms with E-state index >= 15 is 0 Å². The molecule has 0 radical (unpaired) electrons. The first kappa shape index (κ1) is 13.8. The van der Waals surface area contributed by atoms with Gasteiger partial charge in [0.05, 0.1) is 0 Å². The van der Waals surface area contributed by atoms with E-state index in [0.29, 0.717) is 6.54 Å². The van der Waals surface area contributed by atoms with Crippen LogP contribution in [-0.2, 0) is 4.79 Å². The van der Waals surface area contributed by atoms with Gasteiger partial charge in [0.1, 0.15) is 6.04 Å². The van der Waals surface area contributed by atoms with Crippen LogP contribution in [0.1, 0.15) is 26.7 Å². The van der Waals surface area contributed by atoms with Crippen LogP contribution in [0.3, 0.4) is 0 Å². The molecule has 2 fully saturated rings. The molecule has 2 rings (SSSR count). The van der Waals surface area contributed by atoms with Crippen molar-refractivity contribution in [3.63, 3.8) is 0 Å². The van der Waals surface area contributed by atoms with Crippen molar-refractivity contribution in [2.75, 3.05) is 32.7 Å². The van der Waals surface area contributed by atoms with Crippen molar-refractivity contribution in [3.05, 3.63) is 0 Å². The molecule has 1 aliphatic heterocycles.